The van der Waals surface area contributed by atoms with Gasteiger partial charge in [-0.15, -0.1) is 0 Å². The Morgan fingerprint density at radius 3 is 2.77 bits per heavy atom. The quantitative estimate of drug-likeness (QED) is 0.846. The zero-order valence-electron chi connectivity index (χ0n) is 15.3. The van der Waals surface area contributed by atoms with Crippen molar-refractivity contribution in [2.24, 2.45) is 5.73 Å². The number of amides is 1. The van der Waals surface area contributed by atoms with Crippen LogP contribution in [0.25, 0.3) is 11.0 Å². The lowest BCUT2D eigenvalue weighted by molar-refractivity contribution is -0.135. The molecule has 7 nitrogen and oxygen atoms in total. The third kappa shape index (κ3) is 4.07. The van der Waals surface area contributed by atoms with E-state index in [-0.39, 0.29) is 30.3 Å². The van der Waals surface area contributed by atoms with Gasteiger partial charge in [0.05, 0.1) is 11.0 Å². The van der Waals surface area contributed by atoms with Crippen molar-refractivity contribution >= 4 is 26.8 Å². The molecule has 0 saturated carbocycles. The molecular weight excluding hydrogens is 352 g/mol. The van der Waals surface area contributed by atoms with E-state index in [1.807, 2.05) is 36.1 Å². The van der Waals surface area contributed by atoms with Gasteiger partial charge in [0.15, 0.2) is 9.84 Å². The van der Waals surface area contributed by atoms with Crippen molar-refractivity contribution in [3.05, 3.63) is 30.1 Å². The number of piperidine rings is 1. The molecule has 3 rings (SSSR count). The Balaban J connectivity index is 1.94. The summed E-state index contributed by atoms with van der Waals surface area (Å²) in [6, 6.07) is 7.34. The number of para-hydroxylation sites is 2. The maximum absolute atomic E-state index is 13.0. The topological polar surface area (TPSA) is 98.3 Å². The maximum Gasteiger partial charge on any atom is 0.242 e. The van der Waals surface area contributed by atoms with Crippen LogP contribution < -0.4 is 5.73 Å². The molecule has 1 aliphatic heterocycles. The minimum Gasteiger partial charge on any atom is -0.337 e. The molecule has 1 fully saturated rings. The summed E-state index contributed by atoms with van der Waals surface area (Å²) in [4.78, 5) is 19.3. The van der Waals surface area contributed by atoms with Crippen LogP contribution in [0, 0.1) is 0 Å². The second-order valence-electron chi connectivity index (χ2n) is 7.18. The summed E-state index contributed by atoms with van der Waals surface area (Å²) in [6.45, 7) is 2.70. The van der Waals surface area contributed by atoms with Crippen molar-refractivity contribution in [2.45, 2.75) is 50.6 Å². The molecule has 0 spiro atoms. The molecule has 1 aliphatic rings. The van der Waals surface area contributed by atoms with E-state index in [0.717, 1.165) is 24.8 Å². The average Bonchev–Trinajstić information content (AvgIpc) is 2.90. The van der Waals surface area contributed by atoms with Crippen molar-refractivity contribution in [3.63, 3.8) is 0 Å². The monoisotopic (exact) mass is 378 g/mol. The van der Waals surface area contributed by atoms with Crippen LogP contribution in [0.1, 0.15) is 32.0 Å². The second-order valence-corrected chi connectivity index (χ2v) is 9.32. The number of aromatic nitrogens is 2. The molecule has 8 heteroatoms. The molecule has 2 atom stereocenters. The Labute approximate surface area is 154 Å². The summed E-state index contributed by atoms with van der Waals surface area (Å²) >= 11 is 0. The van der Waals surface area contributed by atoms with Gasteiger partial charge in [-0.1, -0.05) is 12.1 Å². The first-order valence-electron chi connectivity index (χ1n) is 8.93. The number of carbonyl (C=O) groups is 1. The van der Waals surface area contributed by atoms with Gasteiger partial charge < -0.3 is 15.2 Å². The summed E-state index contributed by atoms with van der Waals surface area (Å²) in [5, 5.41) is 0. The molecule has 0 radical (unpaired) electrons. The Hall–Kier alpha value is -1.93. The van der Waals surface area contributed by atoms with Crippen LogP contribution >= 0.6 is 0 Å². The minimum absolute atomic E-state index is 0.0318. The molecule has 1 amide bonds. The fraction of sp³-hybridized carbons (Fsp3) is 0.556. The van der Waals surface area contributed by atoms with Gasteiger partial charge >= 0.3 is 0 Å². The number of sulfone groups is 1. The summed E-state index contributed by atoms with van der Waals surface area (Å²) in [5.74, 6) is 0.174. The summed E-state index contributed by atoms with van der Waals surface area (Å²) in [7, 11) is -3.26. The highest BCUT2D eigenvalue weighted by atomic mass is 32.2. The molecule has 142 valence electrons. The molecule has 1 aromatic heterocycles. The Morgan fingerprint density at radius 1 is 1.35 bits per heavy atom. The molecule has 26 heavy (non-hydrogen) atoms. The maximum atomic E-state index is 13.0. The number of imidazole rings is 1. The fourth-order valence-corrected chi connectivity index (χ4v) is 4.38. The van der Waals surface area contributed by atoms with Crippen LogP contribution in [0.3, 0.4) is 0 Å². The van der Waals surface area contributed by atoms with Crippen molar-refractivity contribution in [2.75, 3.05) is 12.8 Å². The summed E-state index contributed by atoms with van der Waals surface area (Å²) < 4.78 is 25.3. The van der Waals surface area contributed by atoms with E-state index in [0.29, 0.717) is 17.9 Å². The lowest BCUT2D eigenvalue weighted by Gasteiger charge is -2.38. The van der Waals surface area contributed by atoms with Crippen LogP contribution in [0.2, 0.25) is 0 Å². The van der Waals surface area contributed by atoms with E-state index < -0.39 is 9.84 Å². The van der Waals surface area contributed by atoms with Gasteiger partial charge in [0.2, 0.25) is 5.91 Å². The zero-order chi connectivity index (χ0) is 18.9. The number of carbonyl (C=O) groups excluding carboxylic acids is 1. The number of rotatable bonds is 5. The van der Waals surface area contributed by atoms with Gasteiger partial charge in [-0.3, -0.25) is 4.79 Å². The molecular formula is C18H26N4O3S. The van der Waals surface area contributed by atoms with Crippen LogP contribution in [0.5, 0.6) is 0 Å². The number of likely N-dealkylation sites (tertiary alicyclic amines) is 1. The smallest absolute Gasteiger partial charge is 0.242 e. The highest BCUT2D eigenvalue weighted by molar-refractivity contribution is 7.89. The van der Waals surface area contributed by atoms with E-state index in [9.17, 15) is 13.2 Å². The highest BCUT2D eigenvalue weighted by Crippen LogP contribution is 2.22. The van der Waals surface area contributed by atoms with E-state index in [2.05, 4.69) is 4.98 Å². The number of nitrogens with two attached hydrogens (primary N) is 1. The van der Waals surface area contributed by atoms with Crippen molar-refractivity contribution in [1.29, 1.82) is 0 Å². The standard InChI is InChI=1S/C18H26N4O3S/c1-13(19)15-8-5-6-10-21(15)18(23)11-22-16-9-4-3-7-14(16)20-17(22)12-26(2,24)25/h3-4,7,9,13,15H,5-6,8,10-12,19H2,1-2H3/t13-,15-/m1/s1. The first kappa shape index (κ1) is 18.8. The normalized spacial score (nSPS) is 19.7. The third-order valence-corrected chi connectivity index (χ3v) is 5.68. The number of benzene rings is 1. The lowest BCUT2D eigenvalue weighted by Crippen LogP contribution is -2.52. The van der Waals surface area contributed by atoms with E-state index >= 15 is 0 Å². The minimum atomic E-state index is -3.26. The molecule has 0 aliphatic carbocycles. The number of hydrogen-bond acceptors (Lipinski definition) is 5. The van der Waals surface area contributed by atoms with E-state index in [1.165, 1.54) is 6.26 Å². The fourth-order valence-electron chi connectivity index (χ4n) is 3.69. The van der Waals surface area contributed by atoms with E-state index in [1.54, 1.807) is 4.57 Å². The van der Waals surface area contributed by atoms with Crippen LogP contribution in [-0.4, -0.2) is 53.7 Å². The predicted octanol–water partition coefficient (Wildman–Crippen LogP) is 1.31. The average molecular weight is 378 g/mol. The van der Waals surface area contributed by atoms with E-state index in [4.69, 9.17) is 5.73 Å². The van der Waals surface area contributed by atoms with Crippen LogP contribution in [-0.2, 0) is 26.9 Å². The Bertz CT molecular complexity index is 904. The summed E-state index contributed by atoms with van der Waals surface area (Å²) in [6.07, 6.45) is 4.12. The van der Waals surface area contributed by atoms with Gasteiger partial charge in [-0.05, 0) is 38.3 Å². The Morgan fingerprint density at radius 2 is 2.08 bits per heavy atom. The van der Waals surface area contributed by atoms with Crippen molar-refractivity contribution in [3.8, 4) is 0 Å². The summed E-state index contributed by atoms with van der Waals surface area (Å²) in [5.41, 5.74) is 7.55. The number of hydrogen-bond donors (Lipinski definition) is 1. The molecule has 2 aromatic rings. The first-order valence-corrected chi connectivity index (χ1v) is 11.0. The van der Waals surface area contributed by atoms with Gasteiger partial charge in [-0.2, -0.15) is 0 Å². The lowest BCUT2D eigenvalue weighted by atomic mass is 9.97. The van der Waals surface area contributed by atoms with Gasteiger partial charge in [0.1, 0.15) is 18.1 Å². The molecule has 2 N–H and O–H groups in total. The van der Waals surface area contributed by atoms with Crippen LogP contribution in [0.4, 0.5) is 0 Å². The SMILES string of the molecule is C[C@@H](N)[C@H]1CCCCN1C(=O)Cn1c(CS(C)(=O)=O)nc2ccccc21. The van der Waals surface area contributed by atoms with Crippen molar-refractivity contribution < 1.29 is 13.2 Å². The Kier molecular flexibility index (Phi) is 5.34. The third-order valence-electron chi connectivity index (χ3n) is 4.89. The molecule has 1 saturated heterocycles. The van der Waals surface area contributed by atoms with Gasteiger partial charge in [0, 0.05) is 24.9 Å². The predicted molar refractivity (Wildman–Crippen MR) is 101 cm³/mol. The number of nitrogens with zero attached hydrogens (tertiary/aromatic N) is 3. The zero-order valence-corrected chi connectivity index (χ0v) is 16.1. The van der Waals surface area contributed by atoms with Gasteiger partial charge in [-0.25, -0.2) is 13.4 Å². The molecule has 1 aromatic carbocycles. The molecule has 2 heterocycles. The second kappa shape index (κ2) is 7.36. The molecule has 0 bridgehead atoms. The highest BCUT2D eigenvalue weighted by Gasteiger charge is 2.30. The van der Waals surface area contributed by atoms with Crippen molar-refractivity contribution in [1.82, 2.24) is 14.5 Å². The van der Waals surface area contributed by atoms with Gasteiger partial charge in [0.25, 0.3) is 0 Å². The first-order chi connectivity index (χ1) is 12.3. The molecule has 0 unspecified atom stereocenters. The number of fused-ring (bicyclic) bond motifs is 1. The largest absolute Gasteiger partial charge is 0.337 e. The van der Waals surface area contributed by atoms with Crippen LogP contribution in [0.15, 0.2) is 24.3 Å².